The van der Waals surface area contributed by atoms with E-state index >= 15 is 0 Å². The Labute approximate surface area is 146 Å². The first kappa shape index (κ1) is 16.7. The van der Waals surface area contributed by atoms with Gasteiger partial charge < -0.3 is 20.1 Å². The standard InChI is InChI=1S/C16H13FN2O4.BrH/c1-6-5-23-15-12(7-3-11(7)18)10(17)2-8-13(15)19(6)4-9(14(8)20)16(21)22;/h2,4,7,11H,1,3,5,18H2,(H,21,22);1H. The molecule has 126 valence electrons. The van der Waals surface area contributed by atoms with Crippen molar-refractivity contribution in [2.75, 3.05) is 6.61 Å². The van der Waals surface area contributed by atoms with Gasteiger partial charge in [0.1, 0.15) is 18.0 Å². The average molecular weight is 397 g/mol. The molecule has 0 radical (unpaired) electrons. The van der Waals surface area contributed by atoms with Gasteiger partial charge in [0, 0.05) is 23.7 Å². The molecular formula is C16H14BrFN2O4. The number of nitrogens with two attached hydrogens (primary N) is 1. The van der Waals surface area contributed by atoms with Crippen molar-refractivity contribution < 1.29 is 19.0 Å². The minimum absolute atomic E-state index is 0. The van der Waals surface area contributed by atoms with Crippen LogP contribution in [0.15, 0.2) is 23.6 Å². The summed E-state index contributed by atoms with van der Waals surface area (Å²) >= 11 is 0. The molecule has 6 nitrogen and oxygen atoms in total. The van der Waals surface area contributed by atoms with Gasteiger partial charge in [-0.25, -0.2) is 9.18 Å². The summed E-state index contributed by atoms with van der Waals surface area (Å²) in [6.07, 6.45) is 1.87. The number of carboxylic acid groups (broad SMARTS) is 1. The Bertz CT molecular complexity index is 969. The molecule has 2 atom stereocenters. The van der Waals surface area contributed by atoms with Crippen LogP contribution in [-0.4, -0.2) is 28.3 Å². The lowest BCUT2D eigenvalue weighted by Crippen LogP contribution is -2.24. The lowest BCUT2D eigenvalue weighted by Gasteiger charge is -2.25. The van der Waals surface area contributed by atoms with Crippen molar-refractivity contribution in [3.63, 3.8) is 0 Å². The zero-order valence-corrected chi connectivity index (χ0v) is 14.1. The number of hydrogen-bond donors (Lipinski definition) is 2. The molecule has 2 heterocycles. The van der Waals surface area contributed by atoms with Crippen LogP contribution >= 0.6 is 17.0 Å². The van der Waals surface area contributed by atoms with E-state index in [1.807, 2.05) is 0 Å². The Hall–Kier alpha value is -2.19. The zero-order chi connectivity index (χ0) is 16.5. The molecule has 24 heavy (non-hydrogen) atoms. The fourth-order valence-corrected chi connectivity index (χ4v) is 3.11. The Morgan fingerprint density at radius 1 is 1.50 bits per heavy atom. The highest BCUT2D eigenvalue weighted by Gasteiger charge is 2.41. The van der Waals surface area contributed by atoms with Gasteiger partial charge >= 0.3 is 5.97 Å². The largest absolute Gasteiger partial charge is 0.485 e. The molecule has 0 spiro atoms. The number of pyridine rings is 1. The summed E-state index contributed by atoms with van der Waals surface area (Å²) < 4.78 is 21.7. The van der Waals surface area contributed by atoms with E-state index in [-0.39, 0.29) is 46.7 Å². The van der Waals surface area contributed by atoms with Gasteiger partial charge in [0.15, 0.2) is 5.75 Å². The van der Waals surface area contributed by atoms with E-state index in [9.17, 15) is 19.1 Å². The predicted octanol–water partition coefficient (Wildman–Crippen LogP) is 2.09. The number of benzene rings is 1. The van der Waals surface area contributed by atoms with Gasteiger partial charge in [0.05, 0.1) is 16.6 Å². The fraction of sp³-hybridized carbons (Fsp3) is 0.250. The van der Waals surface area contributed by atoms with Crippen molar-refractivity contribution in [3.8, 4) is 5.75 Å². The van der Waals surface area contributed by atoms with Gasteiger partial charge in [-0.15, -0.1) is 17.0 Å². The Morgan fingerprint density at radius 2 is 2.17 bits per heavy atom. The van der Waals surface area contributed by atoms with E-state index in [4.69, 9.17) is 10.5 Å². The van der Waals surface area contributed by atoms with Crippen molar-refractivity contribution in [2.45, 2.75) is 18.4 Å². The first-order chi connectivity index (χ1) is 10.9. The van der Waals surface area contributed by atoms with Gasteiger partial charge in [-0.3, -0.25) is 4.79 Å². The van der Waals surface area contributed by atoms with Gasteiger partial charge in [0.25, 0.3) is 0 Å². The molecule has 1 aliphatic heterocycles. The molecule has 1 aromatic heterocycles. The van der Waals surface area contributed by atoms with Crippen LogP contribution in [0.3, 0.4) is 0 Å². The predicted molar refractivity (Wildman–Crippen MR) is 91.6 cm³/mol. The Balaban J connectivity index is 0.00000169. The maximum Gasteiger partial charge on any atom is 0.341 e. The van der Waals surface area contributed by atoms with E-state index in [0.717, 1.165) is 6.07 Å². The highest BCUT2D eigenvalue weighted by atomic mass is 79.9. The average Bonchev–Trinajstić information content (AvgIpc) is 3.20. The number of halogens is 2. The lowest BCUT2D eigenvalue weighted by atomic mass is 10.0. The number of carbonyl (C=O) groups is 1. The van der Waals surface area contributed by atoms with Crippen molar-refractivity contribution >= 4 is 39.6 Å². The third-order valence-corrected chi connectivity index (χ3v) is 4.40. The van der Waals surface area contributed by atoms with Crippen LogP contribution in [0.2, 0.25) is 0 Å². The molecule has 1 aliphatic carbocycles. The summed E-state index contributed by atoms with van der Waals surface area (Å²) in [5.41, 5.74) is 5.84. The van der Waals surface area contributed by atoms with Crippen molar-refractivity contribution in [1.29, 1.82) is 0 Å². The normalized spacial score (nSPS) is 21.2. The van der Waals surface area contributed by atoms with Crippen LogP contribution in [0.4, 0.5) is 4.39 Å². The third-order valence-electron chi connectivity index (χ3n) is 4.40. The molecule has 2 aromatic rings. The topological polar surface area (TPSA) is 94.6 Å². The summed E-state index contributed by atoms with van der Waals surface area (Å²) in [7, 11) is 0. The first-order valence-electron chi connectivity index (χ1n) is 7.11. The van der Waals surface area contributed by atoms with Gasteiger partial charge in [-0.05, 0) is 12.5 Å². The van der Waals surface area contributed by atoms with Crippen molar-refractivity contribution in [3.05, 3.63) is 46.0 Å². The smallest absolute Gasteiger partial charge is 0.341 e. The molecule has 1 saturated carbocycles. The molecule has 0 saturated heterocycles. The Morgan fingerprint density at radius 3 is 2.75 bits per heavy atom. The maximum absolute atomic E-state index is 14.5. The number of hydrogen-bond acceptors (Lipinski definition) is 4. The molecule has 1 fully saturated rings. The number of nitrogens with zero attached hydrogens (tertiary/aromatic N) is 1. The monoisotopic (exact) mass is 396 g/mol. The summed E-state index contributed by atoms with van der Waals surface area (Å²) in [5, 5.41) is 9.16. The summed E-state index contributed by atoms with van der Waals surface area (Å²) in [5.74, 6) is -1.85. The quantitative estimate of drug-likeness (QED) is 0.810. The van der Waals surface area contributed by atoms with Crippen LogP contribution < -0.4 is 15.9 Å². The number of ether oxygens (including phenoxy) is 1. The highest BCUT2D eigenvalue weighted by Crippen LogP contribution is 2.48. The minimum atomic E-state index is -1.37. The second-order valence-electron chi connectivity index (χ2n) is 5.91. The second kappa shape index (κ2) is 5.42. The van der Waals surface area contributed by atoms with E-state index in [1.165, 1.54) is 10.8 Å². The third kappa shape index (κ3) is 2.17. The first-order valence-corrected chi connectivity index (χ1v) is 7.11. The van der Waals surface area contributed by atoms with Gasteiger partial charge in [-0.1, -0.05) is 6.58 Å². The summed E-state index contributed by atoms with van der Waals surface area (Å²) in [6.45, 7) is 3.91. The maximum atomic E-state index is 14.5. The van der Waals surface area contributed by atoms with Crippen molar-refractivity contribution in [2.24, 2.45) is 5.73 Å². The number of aromatic nitrogens is 1. The minimum Gasteiger partial charge on any atom is -0.485 e. The highest BCUT2D eigenvalue weighted by molar-refractivity contribution is 8.93. The zero-order valence-electron chi connectivity index (χ0n) is 12.4. The van der Waals surface area contributed by atoms with Crippen LogP contribution in [0, 0.1) is 5.82 Å². The molecule has 4 rings (SSSR count). The number of carboxylic acids is 1. The van der Waals surface area contributed by atoms with Crippen molar-refractivity contribution in [1.82, 2.24) is 4.57 Å². The van der Waals surface area contributed by atoms with Gasteiger partial charge in [0.2, 0.25) is 5.43 Å². The molecule has 1 aromatic carbocycles. The molecule has 3 N–H and O–H groups in total. The van der Waals surface area contributed by atoms with E-state index in [0.29, 0.717) is 23.2 Å². The van der Waals surface area contributed by atoms with Crippen LogP contribution in [-0.2, 0) is 0 Å². The van der Waals surface area contributed by atoms with E-state index in [1.54, 1.807) is 0 Å². The molecule has 2 aliphatic rings. The fourth-order valence-electron chi connectivity index (χ4n) is 3.11. The van der Waals surface area contributed by atoms with Crippen LogP contribution in [0.25, 0.3) is 16.6 Å². The van der Waals surface area contributed by atoms with Crippen LogP contribution in [0.5, 0.6) is 5.75 Å². The number of rotatable bonds is 2. The molecular weight excluding hydrogens is 383 g/mol. The number of aromatic carboxylic acids is 1. The Kier molecular flexibility index (Phi) is 3.76. The van der Waals surface area contributed by atoms with Crippen LogP contribution in [0.1, 0.15) is 28.3 Å². The SMILES string of the molecule is Br.C=C1COc2c(C3CC3N)c(F)cc3c(=O)c(C(=O)O)cn1c23. The van der Waals surface area contributed by atoms with E-state index < -0.39 is 22.8 Å². The van der Waals surface area contributed by atoms with Gasteiger partial charge in [-0.2, -0.15) is 0 Å². The molecule has 0 amide bonds. The molecule has 0 bridgehead atoms. The summed E-state index contributed by atoms with van der Waals surface area (Å²) in [6, 6.07) is 0.942. The lowest BCUT2D eigenvalue weighted by molar-refractivity contribution is 0.0695. The molecule has 2 unspecified atom stereocenters. The van der Waals surface area contributed by atoms with E-state index in [2.05, 4.69) is 6.58 Å². The second-order valence-corrected chi connectivity index (χ2v) is 5.91. The summed E-state index contributed by atoms with van der Waals surface area (Å²) in [4.78, 5) is 23.6. The molecule has 8 heteroatoms.